The number of hydrogen-bond donors (Lipinski definition) is 1. The van der Waals surface area contributed by atoms with Crippen molar-refractivity contribution in [3.05, 3.63) is 0 Å². The summed E-state index contributed by atoms with van der Waals surface area (Å²) in [6, 6.07) is 0. The second-order valence-corrected chi connectivity index (χ2v) is 4.57. The Hall–Kier alpha value is -0.110. The Labute approximate surface area is 80.1 Å². The molecule has 1 saturated carbocycles. The van der Waals surface area contributed by atoms with Crippen molar-refractivity contribution >= 4 is 0 Å². The van der Waals surface area contributed by atoms with Crippen LogP contribution in [0.25, 0.3) is 0 Å². The molecule has 1 saturated heterocycles. The van der Waals surface area contributed by atoms with Gasteiger partial charge in [-0.1, -0.05) is 32.1 Å². The fourth-order valence-corrected chi connectivity index (χ4v) is 2.93. The van der Waals surface area contributed by atoms with Crippen LogP contribution < -0.4 is 5.32 Å². The first kappa shape index (κ1) is 9.45. The smallest absolute Gasteiger partial charge is 0.116 e. The lowest BCUT2D eigenvalue weighted by Crippen LogP contribution is -2.41. The van der Waals surface area contributed by atoms with Gasteiger partial charge in [0.25, 0.3) is 0 Å². The summed E-state index contributed by atoms with van der Waals surface area (Å²) in [6.07, 6.45) is 7.10. The molecule has 2 fully saturated rings. The van der Waals surface area contributed by atoms with Crippen LogP contribution in [0.3, 0.4) is 0 Å². The van der Waals surface area contributed by atoms with Gasteiger partial charge in [-0.15, -0.1) is 0 Å². The van der Waals surface area contributed by atoms with Crippen molar-refractivity contribution in [3.8, 4) is 0 Å². The van der Waals surface area contributed by atoms with E-state index in [-0.39, 0.29) is 0 Å². The van der Waals surface area contributed by atoms with Crippen molar-refractivity contribution in [1.29, 1.82) is 0 Å². The fourth-order valence-electron chi connectivity index (χ4n) is 2.93. The molecule has 2 atom stereocenters. The van der Waals surface area contributed by atoms with E-state index in [1.807, 2.05) is 0 Å². The Morgan fingerprint density at radius 2 is 1.77 bits per heavy atom. The van der Waals surface area contributed by atoms with Gasteiger partial charge in [-0.3, -0.25) is 0 Å². The van der Waals surface area contributed by atoms with E-state index in [1.165, 1.54) is 32.1 Å². The van der Waals surface area contributed by atoms with Crippen LogP contribution >= 0.6 is 0 Å². The maximum absolute atomic E-state index is 13.6. The molecule has 2 heteroatoms. The molecule has 13 heavy (non-hydrogen) atoms. The Kier molecular flexibility index (Phi) is 3.20. The van der Waals surface area contributed by atoms with Crippen molar-refractivity contribution in [3.63, 3.8) is 0 Å². The predicted molar refractivity (Wildman–Crippen MR) is 52.4 cm³/mol. The fraction of sp³-hybridized carbons (Fsp3) is 1.00. The topological polar surface area (TPSA) is 12.0 Å². The molecule has 2 unspecified atom stereocenters. The van der Waals surface area contributed by atoms with Crippen LogP contribution in [0.15, 0.2) is 0 Å². The van der Waals surface area contributed by atoms with Crippen molar-refractivity contribution in [1.82, 2.24) is 5.32 Å². The van der Waals surface area contributed by atoms with Gasteiger partial charge in [0.05, 0.1) is 0 Å². The van der Waals surface area contributed by atoms with E-state index in [9.17, 15) is 4.39 Å². The summed E-state index contributed by atoms with van der Waals surface area (Å²) in [5.74, 6) is 1.08. The van der Waals surface area contributed by atoms with E-state index in [1.54, 1.807) is 0 Å². The second kappa shape index (κ2) is 4.41. The van der Waals surface area contributed by atoms with Crippen LogP contribution in [0, 0.1) is 11.8 Å². The summed E-state index contributed by atoms with van der Waals surface area (Å²) < 4.78 is 13.6. The van der Waals surface area contributed by atoms with Gasteiger partial charge in [-0.05, 0) is 24.8 Å². The number of nitrogens with one attached hydrogen (secondary N) is 1. The summed E-state index contributed by atoms with van der Waals surface area (Å²) in [5.41, 5.74) is 0. The van der Waals surface area contributed by atoms with Gasteiger partial charge in [0, 0.05) is 6.54 Å². The molecule has 1 aliphatic heterocycles. The Bertz CT molecular complexity index is 154. The summed E-state index contributed by atoms with van der Waals surface area (Å²) >= 11 is 0. The lowest BCUT2D eigenvalue weighted by molar-refractivity contribution is 0.103. The molecular formula is C11H20FN. The first-order valence-electron chi connectivity index (χ1n) is 5.72. The van der Waals surface area contributed by atoms with E-state index in [4.69, 9.17) is 0 Å². The third-order valence-corrected chi connectivity index (χ3v) is 3.71. The third-order valence-electron chi connectivity index (χ3n) is 3.71. The first-order chi connectivity index (χ1) is 6.38. The largest absolute Gasteiger partial charge is 0.314 e. The van der Waals surface area contributed by atoms with E-state index < -0.39 is 6.17 Å². The summed E-state index contributed by atoms with van der Waals surface area (Å²) in [6.45, 7) is 1.63. The number of piperidine rings is 1. The maximum atomic E-state index is 13.6. The van der Waals surface area contributed by atoms with Gasteiger partial charge in [0.1, 0.15) is 6.17 Å². The van der Waals surface area contributed by atoms with Crippen LogP contribution in [0.5, 0.6) is 0 Å². The highest BCUT2D eigenvalue weighted by Gasteiger charge is 2.32. The first-order valence-corrected chi connectivity index (χ1v) is 5.72. The number of hydrogen-bond acceptors (Lipinski definition) is 1. The molecule has 1 heterocycles. The zero-order valence-electron chi connectivity index (χ0n) is 8.27. The average Bonchev–Trinajstić information content (AvgIpc) is 2.20. The molecule has 76 valence electrons. The van der Waals surface area contributed by atoms with Crippen molar-refractivity contribution < 1.29 is 4.39 Å². The van der Waals surface area contributed by atoms with Gasteiger partial charge in [-0.25, -0.2) is 4.39 Å². The molecule has 0 spiro atoms. The van der Waals surface area contributed by atoms with E-state index >= 15 is 0 Å². The van der Waals surface area contributed by atoms with Crippen molar-refractivity contribution in [2.24, 2.45) is 11.8 Å². The molecule has 1 aliphatic carbocycles. The SMILES string of the molecule is FC1CNCCC1C1CCCCC1. The molecule has 0 aromatic heterocycles. The van der Waals surface area contributed by atoms with Crippen LogP contribution in [-0.4, -0.2) is 19.3 Å². The summed E-state index contributed by atoms with van der Waals surface area (Å²) in [5, 5.41) is 3.13. The Morgan fingerprint density at radius 1 is 1.00 bits per heavy atom. The normalized spacial score (nSPS) is 37.6. The van der Waals surface area contributed by atoms with Crippen LogP contribution in [0.4, 0.5) is 4.39 Å². The standard InChI is InChI=1S/C11H20FN/c12-11-8-13-7-6-10(11)9-4-2-1-3-5-9/h9-11,13H,1-8H2. The van der Waals surface area contributed by atoms with E-state index in [0.717, 1.165) is 13.0 Å². The van der Waals surface area contributed by atoms with Crippen LogP contribution in [0.1, 0.15) is 38.5 Å². The molecule has 1 nitrogen and oxygen atoms in total. The molecule has 0 bridgehead atoms. The zero-order chi connectivity index (χ0) is 9.10. The highest BCUT2D eigenvalue weighted by molar-refractivity contribution is 4.84. The number of rotatable bonds is 1. The molecule has 0 amide bonds. The quantitative estimate of drug-likeness (QED) is 0.662. The second-order valence-electron chi connectivity index (χ2n) is 4.57. The van der Waals surface area contributed by atoms with Crippen molar-refractivity contribution in [2.45, 2.75) is 44.7 Å². The van der Waals surface area contributed by atoms with Gasteiger partial charge < -0.3 is 5.32 Å². The highest BCUT2D eigenvalue weighted by Crippen LogP contribution is 2.35. The molecule has 0 aromatic carbocycles. The minimum Gasteiger partial charge on any atom is -0.314 e. The third kappa shape index (κ3) is 2.22. The average molecular weight is 185 g/mol. The number of alkyl halides is 1. The molecule has 0 aromatic rings. The van der Waals surface area contributed by atoms with Gasteiger partial charge in [-0.2, -0.15) is 0 Å². The Morgan fingerprint density at radius 3 is 2.46 bits per heavy atom. The molecule has 1 N–H and O–H groups in total. The highest BCUT2D eigenvalue weighted by atomic mass is 19.1. The molecule has 2 rings (SSSR count). The lowest BCUT2D eigenvalue weighted by atomic mass is 9.75. The lowest BCUT2D eigenvalue weighted by Gasteiger charge is -2.35. The zero-order valence-corrected chi connectivity index (χ0v) is 8.27. The van der Waals surface area contributed by atoms with E-state index in [0.29, 0.717) is 18.4 Å². The Balaban J connectivity index is 1.88. The van der Waals surface area contributed by atoms with Gasteiger partial charge in [0.2, 0.25) is 0 Å². The molecule has 2 aliphatic rings. The molecular weight excluding hydrogens is 165 g/mol. The van der Waals surface area contributed by atoms with Crippen molar-refractivity contribution in [2.75, 3.05) is 13.1 Å². The van der Waals surface area contributed by atoms with Crippen LogP contribution in [-0.2, 0) is 0 Å². The van der Waals surface area contributed by atoms with Crippen LogP contribution in [0.2, 0.25) is 0 Å². The summed E-state index contributed by atoms with van der Waals surface area (Å²) in [4.78, 5) is 0. The minimum absolute atomic E-state index is 0.376. The minimum atomic E-state index is -0.572. The van der Waals surface area contributed by atoms with Gasteiger partial charge in [0.15, 0.2) is 0 Å². The maximum Gasteiger partial charge on any atom is 0.116 e. The predicted octanol–water partition coefficient (Wildman–Crippen LogP) is 2.51. The molecule has 0 radical (unpaired) electrons. The van der Waals surface area contributed by atoms with Gasteiger partial charge >= 0.3 is 0 Å². The monoisotopic (exact) mass is 185 g/mol. The van der Waals surface area contributed by atoms with E-state index in [2.05, 4.69) is 5.32 Å². The summed E-state index contributed by atoms with van der Waals surface area (Å²) in [7, 11) is 0. The number of halogens is 1.